The van der Waals surface area contributed by atoms with Gasteiger partial charge in [-0.25, -0.2) is 0 Å². The summed E-state index contributed by atoms with van der Waals surface area (Å²) in [4.78, 5) is 1.41. The molecule has 1 heterocycles. The van der Waals surface area contributed by atoms with E-state index in [2.05, 4.69) is 30.7 Å². The molecule has 1 unspecified atom stereocenters. The van der Waals surface area contributed by atoms with E-state index < -0.39 is 0 Å². The van der Waals surface area contributed by atoms with Crippen molar-refractivity contribution < 1.29 is 0 Å². The van der Waals surface area contributed by atoms with Crippen LogP contribution < -0.4 is 11.3 Å². The number of hydrogen-bond acceptors (Lipinski definition) is 3. The van der Waals surface area contributed by atoms with Gasteiger partial charge in [-0.05, 0) is 48.6 Å². The Labute approximate surface area is 109 Å². The molecule has 1 aliphatic carbocycles. The molecule has 96 valence electrons. The van der Waals surface area contributed by atoms with Gasteiger partial charge < -0.3 is 0 Å². The third-order valence-electron chi connectivity index (χ3n) is 4.35. The van der Waals surface area contributed by atoms with Gasteiger partial charge in [-0.3, -0.25) is 11.3 Å². The topological polar surface area (TPSA) is 38.0 Å². The Morgan fingerprint density at radius 2 is 2.12 bits per heavy atom. The van der Waals surface area contributed by atoms with Crippen LogP contribution in [0.1, 0.15) is 55.5 Å². The molecule has 1 aromatic heterocycles. The average Bonchev–Trinajstić information content (AvgIpc) is 2.78. The summed E-state index contributed by atoms with van der Waals surface area (Å²) in [5, 5.41) is 2.17. The summed E-state index contributed by atoms with van der Waals surface area (Å²) in [6.07, 6.45) is 6.74. The summed E-state index contributed by atoms with van der Waals surface area (Å²) in [7, 11) is 0. The normalized spacial score (nSPS) is 27.0. The highest BCUT2D eigenvalue weighted by molar-refractivity contribution is 7.10. The van der Waals surface area contributed by atoms with Gasteiger partial charge >= 0.3 is 0 Å². The maximum Gasteiger partial charge on any atom is 0.0499 e. The fourth-order valence-corrected chi connectivity index (χ4v) is 3.88. The molecular weight excluding hydrogens is 228 g/mol. The van der Waals surface area contributed by atoms with E-state index >= 15 is 0 Å². The second-order valence-electron chi connectivity index (χ2n) is 5.27. The fraction of sp³-hybridized carbons (Fsp3) is 0.714. The zero-order chi connectivity index (χ0) is 12.3. The minimum absolute atomic E-state index is 0.360. The quantitative estimate of drug-likeness (QED) is 0.632. The monoisotopic (exact) mass is 252 g/mol. The van der Waals surface area contributed by atoms with E-state index in [1.54, 1.807) is 0 Å². The van der Waals surface area contributed by atoms with Crippen LogP contribution in [0.2, 0.25) is 0 Å². The van der Waals surface area contributed by atoms with Crippen LogP contribution in [0.3, 0.4) is 0 Å². The van der Waals surface area contributed by atoms with Crippen molar-refractivity contribution in [2.24, 2.45) is 17.7 Å². The van der Waals surface area contributed by atoms with Crippen molar-refractivity contribution >= 4 is 11.3 Å². The van der Waals surface area contributed by atoms with Crippen molar-refractivity contribution in [2.75, 3.05) is 0 Å². The standard InChI is InChI=1S/C14H24N2S/c1-3-11-4-6-12(7-5-11)14(16-15)13-8-9-17-10(13)2/h8-9,11-12,14,16H,3-7,15H2,1-2H3. The van der Waals surface area contributed by atoms with Crippen molar-refractivity contribution in [1.82, 2.24) is 5.43 Å². The summed E-state index contributed by atoms with van der Waals surface area (Å²) in [5.41, 5.74) is 4.47. The molecule has 0 aromatic carbocycles. The maximum atomic E-state index is 5.79. The first-order valence-corrected chi connectivity index (χ1v) is 7.64. The molecule has 1 atom stereocenters. The Kier molecular flexibility index (Phi) is 4.60. The molecule has 1 saturated carbocycles. The molecule has 17 heavy (non-hydrogen) atoms. The number of nitrogens with one attached hydrogen (secondary N) is 1. The number of hydrogen-bond donors (Lipinski definition) is 2. The molecule has 2 rings (SSSR count). The molecule has 1 aliphatic rings. The predicted octanol–water partition coefficient (Wildman–Crippen LogP) is 3.78. The first-order chi connectivity index (χ1) is 8.26. The summed E-state index contributed by atoms with van der Waals surface area (Å²) in [5.74, 6) is 7.46. The number of hydrazine groups is 1. The fourth-order valence-electron chi connectivity index (χ4n) is 3.13. The highest BCUT2D eigenvalue weighted by atomic mass is 32.1. The minimum atomic E-state index is 0.360. The van der Waals surface area contributed by atoms with Crippen molar-refractivity contribution in [3.63, 3.8) is 0 Å². The highest BCUT2D eigenvalue weighted by Gasteiger charge is 2.28. The average molecular weight is 252 g/mol. The molecule has 0 bridgehead atoms. The van der Waals surface area contributed by atoms with Gasteiger partial charge in [0, 0.05) is 10.9 Å². The van der Waals surface area contributed by atoms with Crippen molar-refractivity contribution in [3.05, 3.63) is 21.9 Å². The third-order valence-corrected chi connectivity index (χ3v) is 5.22. The van der Waals surface area contributed by atoms with E-state index in [1.807, 2.05) is 11.3 Å². The predicted molar refractivity (Wildman–Crippen MR) is 74.9 cm³/mol. The number of nitrogens with two attached hydrogens (primary N) is 1. The largest absolute Gasteiger partial charge is 0.271 e. The van der Waals surface area contributed by atoms with Crippen molar-refractivity contribution in [3.8, 4) is 0 Å². The van der Waals surface area contributed by atoms with Crippen LogP contribution in [0, 0.1) is 18.8 Å². The zero-order valence-electron chi connectivity index (χ0n) is 10.9. The number of aryl methyl sites for hydroxylation is 1. The van der Waals surface area contributed by atoms with E-state index in [-0.39, 0.29) is 0 Å². The van der Waals surface area contributed by atoms with Gasteiger partial charge in [0.25, 0.3) is 0 Å². The van der Waals surface area contributed by atoms with E-state index in [0.29, 0.717) is 6.04 Å². The van der Waals surface area contributed by atoms with Gasteiger partial charge in [-0.15, -0.1) is 11.3 Å². The van der Waals surface area contributed by atoms with Crippen molar-refractivity contribution in [2.45, 2.75) is 52.0 Å². The van der Waals surface area contributed by atoms with Crippen LogP contribution in [0.4, 0.5) is 0 Å². The molecular formula is C14H24N2S. The van der Waals surface area contributed by atoms with Crippen LogP contribution in [-0.4, -0.2) is 0 Å². The van der Waals surface area contributed by atoms with Crippen LogP contribution in [-0.2, 0) is 0 Å². The van der Waals surface area contributed by atoms with Crippen LogP contribution in [0.15, 0.2) is 11.4 Å². The van der Waals surface area contributed by atoms with Crippen molar-refractivity contribution in [1.29, 1.82) is 0 Å². The molecule has 1 aromatic rings. The SMILES string of the molecule is CCC1CCC(C(NN)c2ccsc2C)CC1. The van der Waals surface area contributed by atoms with Crippen LogP contribution >= 0.6 is 11.3 Å². The Balaban J connectivity index is 2.03. The number of thiophene rings is 1. The zero-order valence-corrected chi connectivity index (χ0v) is 11.7. The Morgan fingerprint density at radius 1 is 1.41 bits per heavy atom. The summed E-state index contributed by atoms with van der Waals surface area (Å²) in [6, 6.07) is 2.59. The third kappa shape index (κ3) is 2.90. The molecule has 3 N–H and O–H groups in total. The van der Waals surface area contributed by atoms with E-state index in [0.717, 1.165) is 11.8 Å². The second kappa shape index (κ2) is 5.98. The first-order valence-electron chi connectivity index (χ1n) is 6.76. The lowest BCUT2D eigenvalue weighted by molar-refractivity contribution is 0.219. The van der Waals surface area contributed by atoms with E-state index in [1.165, 1.54) is 42.5 Å². The van der Waals surface area contributed by atoms with Gasteiger partial charge in [-0.1, -0.05) is 26.2 Å². The lowest BCUT2D eigenvalue weighted by atomic mass is 9.76. The molecule has 0 aliphatic heterocycles. The summed E-state index contributed by atoms with van der Waals surface area (Å²) < 4.78 is 0. The highest BCUT2D eigenvalue weighted by Crippen LogP contribution is 2.39. The minimum Gasteiger partial charge on any atom is -0.271 e. The lowest BCUT2D eigenvalue weighted by Crippen LogP contribution is -2.35. The number of rotatable bonds is 4. The summed E-state index contributed by atoms with van der Waals surface area (Å²) in [6.45, 7) is 4.51. The Morgan fingerprint density at radius 3 is 2.59 bits per heavy atom. The maximum absolute atomic E-state index is 5.79. The molecule has 0 radical (unpaired) electrons. The molecule has 3 heteroatoms. The van der Waals surface area contributed by atoms with Crippen LogP contribution in [0.25, 0.3) is 0 Å². The lowest BCUT2D eigenvalue weighted by Gasteiger charge is -2.33. The van der Waals surface area contributed by atoms with Gasteiger partial charge in [0.1, 0.15) is 0 Å². The Hall–Kier alpha value is -0.380. The smallest absolute Gasteiger partial charge is 0.0499 e. The molecule has 1 fully saturated rings. The molecule has 0 amide bonds. The second-order valence-corrected chi connectivity index (χ2v) is 6.39. The molecule has 2 nitrogen and oxygen atoms in total. The van der Waals surface area contributed by atoms with E-state index in [4.69, 9.17) is 5.84 Å². The van der Waals surface area contributed by atoms with Gasteiger partial charge in [0.15, 0.2) is 0 Å². The van der Waals surface area contributed by atoms with Gasteiger partial charge in [0.05, 0.1) is 0 Å². The van der Waals surface area contributed by atoms with Gasteiger partial charge in [0.2, 0.25) is 0 Å². The molecule has 0 saturated heterocycles. The Bertz CT molecular complexity index is 340. The first kappa shape index (κ1) is 13.1. The van der Waals surface area contributed by atoms with Crippen LogP contribution in [0.5, 0.6) is 0 Å². The summed E-state index contributed by atoms with van der Waals surface area (Å²) >= 11 is 1.82. The van der Waals surface area contributed by atoms with E-state index in [9.17, 15) is 0 Å². The van der Waals surface area contributed by atoms with Gasteiger partial charge in [-0.2, -0.15) is 0 Å². The molecule has 0 spiro atoms.